The monoisotopic (exact) mass is 451 g/mol. The number of nitrogens with one attached hydrogen (secondary N) is 1. The Balaban J connectivity index is 1.36. The average Bonchev–Trinajstić information content (AvgIpc) is 2.83. The summed E-state index contributed by atoms with van der Waals surface area (Å²) in [4.78, 5) is 26.4. The van der Waals surface area contributed by atoms with Crippen molar-refractivity contribution in [1.29, 1.82) is 0 Å². The van der Waals surface area contributed by atoms with Gasteiger partial charge >= 0.3 is 0 Å². The van der Waals surface area contributed by atoms with E-state index in [4.69, 9.17) is 4.74 Å². The van der Waals surface area contributed by atoms with Crippen LogP contribution >= 0.6 is 0 Å². The van der Waals surface area contributed by atoms with Crippen molar-refractivity contribution in [3.05, 3.63) is 53.0 Å². The number of hydrogen-bond acceptors (Lipinski definition) is 6. The zero-order valence-corrected chi connectivity index (χ0v) is 20.4. The minimum Gasteiger partial charge on any atom is -0.379 e. The van der Waals surface area contributed by atoms with Crippen molar-refractivity contribution in [2.24, 2.45) is 0 Å². The summed E-state index contributed by atoms with van der Waals surface area (Å²) in [5.74, 6) is 0.726. The summed E-state index contributed by atoms with van der Waals surface area (Å²) in [7, 11) is 0. The van der Waals surface area contributed by atoms with E-state index in [1.165, 1.54) is 17.5 Å². The molecule has 7 nitrogen and oxygen atoms in total. The lowest BCUT2D eigenvalue weighted by atomic mass is 9.87. The number of piperidine rings is 1. The maximum atomic E-state index is 13.2. The van der Waals surface area contributed by atoms with Gasteiger partial charge in [-0.05, 0) is 36.3 Å². The highest BCUT2D eigenvalue weighted by Crippen LogP contribution is 2.24. The van der Waals surface area contributed by atoms with Gasteiger partial charge in [-0.15, -0.1) is 0 Å². The molecule has 0 unspecified atom stereocenters. The van der Waals surface area contributed by atoms with Crippen LogP contribution in [0.3, 0.4) is 0 Å². The van der Waals surface area contributed by atoms with Gasteiger partial charge < -0.3 is 15.0 Å². The van der Waals surface area contributed by atoms with Gasteiger partial charge in [0.1, 0.15) is 17.8 Å². The summed E-state index contributed by atoms with van der Waals surface area (Å²) >= 11 is 0. The maximum Gasteiger partial charge on any atom is 0.272 e. The fourth-order valence-corrected chi connectivity index (χ4v) is 4.68. The van der Waals surface area contributed by atoms with Crippen molar-refractivity contribution >= 4 is 11.7 Å². The second kappa shape index (κ2) is 10.2. The van der Waals surface area contributed by atoms with E-state index in [1.807, 2.05) is 11.8 Å². The van der Waals surface area contributed by atoms with Gasteiger partial charge in [0.15, 0.2) is 0 Å². The zero-order valence-electron chi connectivity index (χ0n) is 20.4. The van der Waals surface area contributed by atoms with Gasteiger partial charge in [0.25, 0.3) is 5.91 Å². The summed E-state index contributed by atoms with van der Waals surface area (Å²) in [6.07, 6.45) is 3.50. The third-order valence-corrected chi connectivity index (χ3v) is 6.88. The SMILES string of the molecule is Cc1c(NCc2ccc(C(C)(C)C)cc2)ncnc1C(=O)N1CCC(N2CCOCC2)CC1. The fourth-order valence-electron chi connectivity index (χ4n) is 4.68. The number of benzene rings is 1. The van der Waals surface area contributed by atoms with Gasteiger partial charge in [0.2, 0.25) is 0 Å². The van der Waals surface area contributed by atoms with Crippen LogP contribution in [0.5, 0.6) is 0 Å². The number of anilines is 1. The van der Waals surface area contributed by atoms with Gasteiger partial charge in [0.05, 0.1) is 13.2 Å². The van der Waals surface area contributed by atoms with Crippen LogP contribution < -0.4 is 5.32 Å². The van der Waals surface area contributed by atoms with E-state index in [-0.39, 0.29) is 11.3 Å². The molecule has 1 aromatic carbocycles. The van der Waals surface area contributed by atoms with Gasteiger partial charge in [-0.1, -0.05) is 45.0 Å². The first-order valence-corrected chi connectivity index (χ1v) is 12.1. The average molecular weight is 452 g/mol. The number of hydrogen-bond donors (Lipinski definition) is 1. The third-order valence-electron chi connectivity index (χ3n) is 6.88. The molecule has 178 valence electrons. The summed E-state index contributed by atoms with van der Waals surface area (Å²) < 4.78 is 5.47. The smallest absolute Gasteiger partial charge is 0.272 e. The first-order valence-electron chi connectivity index (χ1n) is 12.1. The molecule has 1 N–H and O–H groups in total. The van der Waals surface area contributed by atoms with E-state index in [0.717, 1.165) is 63.6 Å². The number of amides is 1. The molecule has 4 rings (SSSR count). The van der Waals surface area contributed by atoms with Crippen molar-refractivity contribution in [1.82, 2.24) is 19.8 Å². The highest BCUT2D eigenvalue weighted by atomic mass is 16.5. The van der Waals surface area contributed by atoms with Crippen LogP contribution in [0, 0.1) is 6.92 Å². The van der Waals surface area contributed by atoms with Crippen LogP contribution in [-0.4, -0.2) is 71.1 Å². The molecule has 2 aliphatic rings. The molecule has 2 aromatic rings. The summed E-state index contributed by atoms with van der Waals surface area (Å²) in [6.45, 7) is 14.4. The normalized spacial score (nSPS) is 18.4. The fraction of sp³-hybridized carbons (Fsp3) is 0.577. The number of ether oxygens (including phenoxy) is 1. The number of aromatic nitrogens is 2. The van der Waals surface area contributed by atoms with Crippen molar-refractivity contribution in [3.63, 3.8) is 0 Å². The lowest BCUT2D eigenvalue weighted by molar-refractivity contribution is 0.00152. The van der Waals surface area contributed by atoms with E-state index < -0.39 is 0 Å². The summed E-state index contributed by atoms with van der Waals surface area (Å²) in [5.41, 5.74) is 3.94. The molecule has 0 radical (unpaired) electrons. The molecule has 33 heavy (non-hydrogen) atoms. The molecular weight excluding hydrogens is 414 g/mol. The van der Waals surface area contributed by atoms with E-state index in [9.17, 15) is 4.79 Å². The molecule has 2 fully saturated rings. The first-order chi connectivity index (χ1) is 15.8. The van der Waals surface area contributed by atoms with Crippen molar-refractivity contribution < 1.29 is 9.53 Å². The minimum atomic E-state index is 0.00732. The Labute approximate surface area is 197 Å². The predicted molar refractivity (Wildman–Crippen MR) is 131 cm³/mol. The molecule has 3 heterocycles. The Morgan fingerprint density at radius 2 is 1.73 bits per heavy atom. The molecule has 2 aliphatic heterocycles. The van der Waals surface area contributed by atoms with Crippen LogP contribution in [0.2, 0.25) is 0 Å². The van der Waals surface area contributed by atoms with Crippen molar-refractivity contribution in [2.45, 2.75) is 58.5 Å². The zero-order chi connectivity index (χ0) is 23.4. The number of morpholine rings is 1. The molecule has 7 heteroatoms. The number of carbonyl (C=O) groups is 1. The molecular formula is C26H37N5O2. The topological polar surface area (TPSA) is 70.6 Å². The second-order valence-electron chi connectivity index (χ2n) is 10.2. The van der Waals surface area contributed by atoms with Crippen LogP contribution in [0.15, 0.2) is 30.6 Å². The summed E-state index contributed by atoms with van der Waals surface area (Å²) in [6, 6.07) is 9.20. The van der Waals surface area contributed by atoms with E-state index in [1.54, 1.807) is 0 Å². The van der Waals surface area contributed by atoms with Gasteiger partial charge in [-0.25, -0.2) is 9.97 Å². The lowest BCUT2D eigenvalue weighted by Crippen LogP contribution is -2.50. The predicted octanol–water partition coefficient (Wildman–Crippen LogP) is 3.63. The molecule has 0 bridgehead atoms. The molecule has 1 amide bonds. The van der Waals surface area contributed by atoms with E-state index in [2.05, 4.69) is 65.2 Å². The molecule has 0 saturated carbocycles. The molecule has 0 aliphatic carbocycles. The largest absolute Gasteiger partial charge is 0.379 e. The Hall–Kier alpha value is -2.51. The number of carbonyl (C=O) groups excluding carboxylic acids is 1. The Kier molecular flexibility index (Phi) is 7.29. The highest BCUT2D eigenvalue weighted by molar-refractivity contribution is 5.94. The Morgan fingerprint density at radius 1 is 1.06 bits per heavy atom. The molecule has 1 aromatic heterocycles. The standard InChI is InChI=1S/C26H37N5O2/c1-19-23(25(32)31-11-9-22(10-12-31)30-13-15-33-16-14-30)28-18-29-24(19)27-17-20-5-7-21(8-6-20)26(2,3)4/h5-8,18,22H,9-17H2,1-4H3,(H,27,28,29). The Morgan fingerprint density at radius 3 is 2.36 bits per heavy atom. The number of nitrogens with zero attached hydrogens (tertiary/aromatic N) is 4. The Bertz CT molecular complexity index is 940. The minimum absolute atomic E-state index is 0.00732. The van der Waals surface area contributed by atoms with E-state index in [0.29, 0.717) is 18.3 Å². The second-order valence-corrected chi connectivity index (χ2v) is 10.2. The van der Waals surface area contributed by atoms with Crippen LogP contribution in [0.1, 0.15) is 60.8 Å². The number of likely N-dealkylation sites (tertiary alicyclic amines) is 1. The van der Waals surface area contributed by atoms with Crippen LogP contribution in [0.4, 0.5) is 5.82 Å². The van der Waals surface area contributed by atoms with E-state index >= 15 is 0 Å². The highest BCUT2D eigenvalue weighted by Gasteiger charge is 2.29. The number of rotatable bonds is 5. The lowest BCUT2D eigenvalue weighted by Gasteiger charge is -2.40. The van der Waals surface area contributed by atoms with Crippen molar-refractivity contribution in [3.8, 4) is 0 Å². The van der Waals surface area contributed by atoms with Crippen LogP contribution in [0.25, 0.3) is 0 Å². The maximum absolute atomic E-state index is 13.2. The van der Waals surface area contributed by atoms with Crippen molar-refractivity contribution in [2.75, 3.05) is 44.7 Å². The van der Waals surface area contributed by atoms with Crippen LogP contribution in [-0.2, 0) is 16.7 Å². The van der Waals surface area contributed by atoms with Gasteiger partial charge in [0, 0.05) is 44.3 Å². The third kappa shape index (κ3) is 5.71. The molecule has 0 atom stereocenters. The van der Waals surface area contributed by atoms with Gasteiger partial charge in [-0.2, -0.15) is 0 Å². The summed E-state index contributed by atoms with van der Waals surface area (Å²) in [5, 5.41) is 3.40. The molecule has 0 spiro atoms. The first kappa shape index (κ1) is 23.6. The quantitative estimate of drug-likeness (QED) is 0.749. The van der Waals surface area contributed by atoms with Gasteiger partial charge in [-0.3, -0.25) is 9.69 Å². The molecule has 2 saturated heterocycles.